The molecule has 10 heteroatoms. The van der Waals surface area contributed by atoms with Crippen molar-refractivity contribution in [3.8, 4) is 0 Å². The van der Waals surface area contributed by atoms with E-state index in [9.17, 15) is 13.2 Å². The number of hydrogen-bond donors (Lipinski definition) is 0. The van der Waals surface area contributed by atoms with Gasteiger partial charge in [-0.25, -0.2) is 13.4 Å². The van der Waals surface area contributed by atoms with E-state index in [0.29, 0.717) is 22.3 Å². The normalized spacial score (nSPS) is 14.7. The standard InChI is InChI=1S/C29H31ClN4O3S2/c1-3-34(24-9-5-4-6-10-24)39(36,37)25-13-11-22(12-14-25)28(35)33(19-21-8-7-15-31-18-21)29-32-27-20(2)16-23(30)17-26(27)38-29/h7-8,11-18,24H,3-6,9-10,19H2,1-2H3. The molecule has 2 aromatic carbocycles. The van der Waals surface area contributed by atoms with Gasteiger partial charge in [-0.15, -0.1) is 0 Å². The summed E-state index contributed by atoms with van der Waals surface area (Å²) in [5.74, 6) is -0.273. The molecule has 2 heterocycles. The summed E-state index contributed by atoms with van der Waals surface area (Å²) in [4.78, 5) is 24.6. The molecule has 1 amide bonds. The van der Waals surface area contributed by atoms with E-state index in [1.165, 1.54) is 11.3 Å². The predicted molar refractivity (Wildman–Crippen MR) is 157 cm³/mol. The number of thiazole rings is 1. The first-order valence-electron chi connectivity index (χ1n) is 13.2. The molecular weight excluding hydrogens is 552 g/mol. The molecule has 2 aromatic heterocycles. The molecule has 1 aliphatic rings. The van der Waals surface area contributed by atoms with Gasteiger partial charge in [-0.3, -0.25) is 14.7 Å². The van der Waals surface area contributed by atoms with Crippen LogP contribution in [0.4, 0.5) is 5.13 Å². The van der Waals surface area contributed by atoms with E-state index in [1.807, 2.05) is 38.1 Å². The van der Waals surface area contributed by atoms with Gasteiger partial charge in [-0.1, -0.05) is 55.2 Å². The van der Waals surface area contributed by atoms with Crippen LogP contribution in [0, 0.1) is 6.92 Å². The fourth-order valence-corrected chi connectivity index (χ4v) is 8.32. The number of carbonyl (C=O) groups excluding carboxylic acids is 1. The summed E-state index contributed by atoms with van der Waals surface area (Å²) in [7, 11) is -3.66. The molecule has 7 nitrogen and oxygen atoms in total. The first kappa shape index (κ1) is 27.7. The number of fused-ring (bicyclic) bond motifs is 1. The predicted octanol–water partition coefficient (Wildman–Crippen LogP) is 6.84. The van der Waals surface area contributed by atoms with E-state index in [1.54, 1.807) is 45.9 Å². The Hall–Kier alpha value is -2.85. The van der Waals surface area contributed by atoms with Gasteiger partial charge in [0.2, 0.25) is 10.0 Å². The maximum Gasteiger partial charge on any atom is 0.260 e. The zero-order chi connectivity index (χ0) is 27.6. The number of pyridine rings is 1. The van der Waals surface area contributed by atoms with Gasteiger partial charge in [0.25, 0.3) is 5.91 Å². The number of sulfonamides is 1. The molecule has 0 bridgehead atoms. The topological polar surface area (TPSA) is 83.5 Å². The number of hydrogen-bond acceptors (Lipinski definition) is 6. The molecule has 204 valence electrons. The number of rotatable bonds is 8. The van der Waals surface area contributed by atoms with Crippen LogP contribution in [0.15, 0.2) is 65.8 Å². The van der Waals surface area contributed by atoms with Gasteiger partial charge >= 0.3 is 0 Å². The molecule has 1 saturated carbocycles. The Morgan fingerprint density at radius 2 is 1.85 bits per heavy atom. The molecule has 5 rings (SSSR count). The Kier molecular flexibility index (Phi) is 8.32. The minimum Gasteiger partial charge on any atom is -0.279 e. The largest absolute Gasteiger partial charge is 0.279 e. The van der Waals surface area contributed by atoms with Crippen LogP contribution in [0.5, 0.6) is 0 Å². The number of aromatic nitrogens is 2. The molecule has 0 N–H and O–H groups in total. The van der Waals surface area contributed by atoms with Crippen molar-refractivity contribution < 1.29 is 13.2 Å². The lowest BCUT2D eigenvalue weighted by Gasteiger charge is -2.32. The van der Waals surface area contributed by atoms with Crippen molar-refractivity contribution in [1.29, 1.82) is 0 Å². The van der Waals surface area contributed by atoms with Crippen molar-refractivity contribution in [1.82, 2.24) is 14.3 Å². The molecule has 0 saturated heterocycles. The second kappa shape index (κ2) is 11.7. The summed E-state index contributed by atoms with van der Waals surface area (Å²) in [6, 6.07) is 13.7. The Morgan fingerprint density at radius 3 is 2.51 bits per heavy atom. The van der Waals surface area contributed by atoms with Crippen LogP contribution in [-0.4, -0.2) is 41.2 Å². The average Bonchev–Trinajstić information content (AvgIpc) is 3.37. The minimum atomic E-state index is -3.66. The van der Waals surface area contributed by atoms with Crippen LogP contribution in [0.3, 0.4) is 0 Å². The Labute approximate surface area is 238 Å². The van der Waals surface area contributed by atoms with Crippen LogP contribution in [-0.2, 0) is 16.6 Å². The molecule has 4 aromatic rings. The highest BCUT2D eigenvalue weighted by Gasteiger charge is 2.31. The van der Waals surface area contributed by atoms with Crippen molar-refractivity contribution in [2.75, 3.05) is 11.4 Å². The summed E-state index contributed by atoms with van der Waals surface area (Å²) >= 11 is 7.66. The summed E-state index contributed by atoms with van der Waals surface area (Å²) in [6.45, 7) is 4.52. The lowest BCUT2D eigenvalue weighted by Crippen LogP contribution is -2.41. The summed E-state index contributed by atoms with van der Waals surface area (Å²) in [6.07, 6.45) is 8.44. The van der Waals surface area contributed by atoms with Gasteiger partial charge < -0.3 is 0 Å². The SMILES string of the molecule is CCN(C1CCCCC1)S(=O)(=O)c1ccc(C(=O)N(Cc2cccnc2)c2nc3c(C)cc(Cl)cc3s2)cc1. The summed E-state index contributed by atoms with van der Waals surface area (Å²) in [5, 5.41) is 1.15. The monoisotopic (exact) mass is 582 g/mol. The highest BCUT2D eigenvalue weighted by atomic mass is 35.5. The molecule has 39 heavy (non-hydrogen) atoms. The van der Waals surface area contributed by atoms with Gasteiger partial charge in [0.15, 0.2) is 5.13 Å². The summed E-state index contributed by atoms with van der Waals surface area (Å²) < 4.78 is 29.5. The number of benzene rings is 2. The van der Waals surface area contributed by atoms with E-state index in [4.69, 9.17) is 16.6 Å². The third-order valence-corrected chi connectivity index (χ3v) is 10.5. The number of carbonyl (C=O) groups is 1. The van der Waals surface area contributed by atoms with Crippen LogP contribution in [0.25, 0.3) is 10.2 Å². The van der Waals surface area contributed by atoms with Crippen molar-refractivity contribution in [3.63, 3.8) is 0 Å². The zero-order valence-corrected chi connectivity index (χ0v) is 24.4. The highest BCUT2D eigenvalue weighted by molar-refractivity contribution is 7.89. The van der Waals surface area contributed by atoms with E-state index in [-0.39, 0.29) is 23.4 Å². The van der Waals surface area contributed by atoms with E-state index in [0.717, 1.165) is 53.4 Å². The molecule has 0 radical (unpaired) electrons. The van der Waals surface area contributed by atoms with Gasteiger partial charge in [-0.05, 0) is 73.4 Å². The molecule has 0 aliphatic heterocycles. The van der Waals surface area contributed by atoms with Crippen LogP contribution in [0.1, 0.15) is 60.5 Å². The number of halogens is 1. The lowest BCUT2D eigenvalue weighted by molar-refractivity contribution is 0.0985. The minimum absolute atomic E-state index is 0.0287. The quantitative estimate of drug-likeness (QED) is 0.227. The van der Waals surface area contributed by atoms with Crippen molar-refractivity contribution in [2.24, 2.45) is 0 Å². The molecule has 1 fully saturated rings. The van der Waals surface area contributed by atoms with Gasteiger partial charge in [-0.2, -0.15) is 4.31 Å². The van der Waals surface area contributed by atoms with Crippen LogP contribution < -0.4 is 4.90 Å². The van der Waals surface area contributed by atoms with Gasteiger partial charge in [0.1, 0.15) is 0 Å². The smallest absolute Gasteiger partial charge is 0.260 e. The third-order valence-electron chi connectivity index (χ3n) is 7.18. The van der Waals surface area contributed by atoms with E-state index < -0.39 is 10.0 Å². The molecule has 0 atom stereocenters. The third kappa shape index (κ3) is 5.87. The second-order valence-electron chi connectivity index (χ2n) is 9.84. The molecule has 0 unspecified atom stereocenters. The van der Waals surface area contributed by atoms with Crippen molar-refractivity contribution in [3.05, 3.63) is 82.6 Å². The lowest BCUT2D eigenvalue weighted by atomic mass is 9.95. The van der Waals surface area contributed by atoms with Crippen molar-refractivity contribution in [2.45, 2.75) is 63.4 Å². The average molecular weight is 583 g/mol. The highest BCUT2D eigenvalue weighted by Crippen LogP contribution is 2.35. The number of amides is 1. The Morgan fingerprint density at radius 1 is 1.10 bits per heavy atom. The van der Waals surface area contributed by atoms with Gasteiger partial charge in [0.05, 0.1) is 21.7 Å². The zero-order valence-electron chi connectivity index (χ0n) is 22.0. The summed E-state index contributed by atoms with van der Waals surface area (Å²) in [5.41, 5.74) is 2.96. The fourth-order valence-electron chi connectivity index (χ4n) is 5.21. The Bertz CT molecular complexity index is 1570. The fraction of sp³-hybridized carbons (Fsp3) is 0.345. The number of aryl methyl sites for hydroxylation is 1. The van der Waals surface area contributed by atoms with Crippen LogP contribution >= 0.6 is 22.9 Å². The molecular formula is C29H31ClN4O3S2. The van der Waals surface area contributed by atoms with Gasteiger partial charge in [0, 0.05) is 35.6 Å². The van der Waals surface area contributed by atoms with Crippen molar-refractivity contribution >= 4 is 54.2 Å². The van der Waals surface area contributed by atoms with E-state index >= 15 is 0 Å². The molecule has 0 spiro atoms. The second-order valence-corrected chi connectivity index (χ2v) is 13.2. The first-order valence-corrected chi connectivity index (χ1v) is 15.8. The Balaban J connectivity index is 1.47. The maximum absolute atomic E-state index is 13.9. The maximum atomic E-state index is 13.9. The number of anilines is 1. The first-order chi connectivity index (χ1) is 18.8. The van der Waals surface area contributed by atoms with E-state index in [2.05, 4.69) is 4.98 Å². The van der Waals surface area contributed by atoms with Crippen LogP contribution in [0.2, 0.25) is 5.02 Å². The number of nitrogens with zero attached hydrogens (tertiary/aromatic N) is 4. The molecule has 1 aliphatic carbocycles.